The molecule has 2 N–H and O–H groups in total. The fraction of sp³-hybridized carbons (Fsp3) is 0.333. The van der Waals surface area contributed by atoms with Gasteiger partial charge in [-0.3, -0.25) is 0 Å². The molecule has 3 rings (SSSR count). The molecule has 0 fully saturated rings. The van der Waals surface area contributed by atoms with Crippen molar-refractivity contribution in [2.75, 3.05) is 7.11 Å². The first-order valence-electron chi connectivity index (χ1n) is 7.17. The highest BCUT2D eigenvalue weighted by atomic mass is 16.5. The van der Waals surface area contributed by atoms with Gasteiger partial charge >= 0.3 is 0 Å². The van der Waals surface area contributed by atoms with Crippen LogP contribution in [0.25, 0.3) is 0 Å². The Morgan fingerprint density at radius 3 is 2.75 bits per heavy atom. The van der Waals surface area contributed by atoms with Gasteiger partial charge in [0.05, 0.1) is 7.11 Å². The Balaban J connectivity index is 1.72. The number of rotatable bonds is 4. The fourth-order valence-corrected chi connectivity index (χ4v) is 3.15. The summed E-state index contributed by atoms with van der Waals surface area (Å²) in [6.07, 6.45) is 2.18. The molecular formula is C18H21NO. The van der Waals surface area contributed by atoms with Crippen LogP contribution in [0.5, 0.6) is 5.75 Å². The molecule has 0 bridgehead atoms. The largest absolute Gasteiger partial charge is 0.496 e. The van der Waals surface area contributed by atoms with E-state index in [4.69, 9.17) is 10.5 Å². The summed E-state index contributed by atoms with van der Waals surface area (Å²) in [6.45, 7) is 2.06. The summed E-state index contributed by atoms with van der Waals surface area (Å²) in [5.41, 5.74) is 11.7. The molecule has 1 aliphatic rings. The van der Waals surface area contributed by atoms with Gasteiger partial charge in [0.1, 0.15) is 5.75 Å². The second-order valence-electron chi connectivity index (χ2n) is 5.67. The van der Waals surface area contributed by atoms with Gasteiger partial charge in [0.25, 0.3) is 0 Å². The number of hydrogen-bond donors (Lipinski definition) is 1. The Morgan fingerprint density at radius 2 is 2.05 bits per heavy atom. The van der Waals surface area contributed by atoms with E-state index < -0.39 is 0 Å². The average molecular weight is 267 g/mol. The van der Waals surface area contributed by atoms with E-state index in [-0.39, 0.29) is 6.04 Å². The lowest BCUT2D eigenvalue weighted by atomic mass is 9.74. The monoisotopic (exact) mass is 267 g/mol. The van der Waals surface area contributed by atoms with E-state index in [1.54, 1.807) is 7.11 Å². The molecule has 20 heavy (non-hydrogen) atoms. The molecule has 2 nitrogen and oxygen atoms in total. The maximum Gasteiger partial charge on any atom is 0.121 e. The maximum atomic E-state index is 6.38. The van der Waals surface area contributed by atoms with Crippen molar-refractivity contribution in [2.45, 2.75) is 31.7 Å². The van der Waals surface area contributed by atoms with Crippen molar-refractivity contribution in [3.63, 3.8) is 0 Å². The Morgan fingerprint density at radius 1 is 1.25 bits per heavy atom. The van der Waals surface area contributed by atoms with Gasteiger partial charge in [0, 0.05) is 6.04 Å². The lowest BCUT2D eigenvalue weighted by molar-refractivity contribution is 0.411. The molecule has 0 saturated heterocycles. The Hall–Kier alpha value is -1.80. The summed E-state index contributed by atoms with van der Waals surface area (Å²) in [7, 11) is 1.70. The van der Waals surface area contributed by atoms with E-state index in [2.05, 4.69) is 43.3 Å². The van der Waals surface area contributed by atoms with E-state index in [0.717, 1.165) is 17.7 Å². The van der Waals surface area contributed by atoms with Gasteiger partial charge in [-0.25, -0.2) is 0 Å². The van der Waals surface area contributed by atoms with Crippen LogP contribution in [-0.4, -0.2) is 7.11 Å². The second kappa shape index (κ2) is 5.29. The lowest BCUT2D eigenvalue weighted by Gasteiger charge is -2.32. The van der Waals surface area contributed by atoms with Gasteiger partial charge in [0.2, 0.25) is 0 Å². The van der Waals surface area contributed by atoms with E-state index >= 15 is 0 Å². The summed E-state index contributed by atoms with van der Waals surface area (Å²) >= 11 is 0. The normalized spacial score (nSPS) is 18.1. The molecule has 0 saturated carbocycles. The Kier molecular flexibility index (Phi) is 3.49. The summed E-state index contributed by atoms with van der Waals surface area (Å²) < 4.78 is 5.30. The molecule has 2 unspecified atom stereocenters. The third kappa shape index (κ3) is 2.32. The molecule has 0 amide bonds. The summed E-state index contributed by atoms with van der Waals surface area (Å²) in [6, 6.07) is 15.0. The first-order valence-corrected chi connectivity index (χ1v) is 7.17. The van der Waals surface area contributed by atoms with Crippen LogP contribution in [-0.2, 0) is 6.42 Å². The smallest absolute Gasteiger partial charge is 0.121 e. The molecule has 0 aliphatic heterocycles. The van der Waals surface area contributed by atoms with E-state index in [0.29, 0.717) is 5.92 Å². The molecule has 104 valence electrons. The maximum absolute atomic E-state index is 6.38. The molecule has 0 spiro atoms. The second-order valence-corrected chi connectivity index (χ2v) is 5.67. The van der Waals surface area contributed by atoms with Crippen molar-refractivity contribution in [3.05, 3.63) is 64.7 Å². The predicted octanol–water partition coefficient (Wildman–Crippen LogP) is 3.73. The van der Waals surface area contributed by atoms with Crippen LogP contribution in [0.2, 0.25) is 0 Å². The SMILES string of the molecule is COc1ccc(C(N)CC2Cc3ccccc32)cc1C. The lowest BCUT2D eigenvalue weighted by Crippen LogP contribution is -2.22. The molecule has 2 aromatic rings. The van der Waals surface area contributed by atoms with E-state index in [1.165, 1.54) is 23.1 Å². The highest BCUT2D eigenvalue weighted by molar-refractivity contribution is 5.41. The third-order valence-electron chi connectivity index (χ3n) is 4.35. The quantitative estimate of drug-likeness (QED) is 0.916. The zero-order valence-corrected chi connectivity index (χ0v) is 12.1. The van der Waals surface area contributed by atoms with Gasteiger partial charge in [-0.1, -0.05) is 36.4 Å². The highest BCUT2D eigenvalue weighted by Gasteiger charge is 2.27. The van der Waals surface area contributed by atoms with Crippen LogP contribution >= 0.6 is 0 Å². The summed E-state index contributed by atoms with van der Waals surface area (Å²) in [5.74, 6) is 1.54. The summed E-state index contributed by atoms with van der Waals surface area (Å²) in [5, 5.41) is 0. The average Bonchev–Trinajstić information content (AvgIpc) is 2.44. The zero-order valence-electron chi connectivity index (χ0n) is 12.1. The van der Waals surface area contributed by atoms with Crippen LogP contribution < -0.4 is 10.5 Å². The van der Waals surface area contributed by atoms with Crippen molar-refractivity contribution >= 4 is 0 Å². The van der Waals surface area contributed by atoms with Crippen molar-refractivity contribution < 1.29 is 4.74 Å². The van der Waals surface area contributed by atoms with Gasteiger partial charge in [-0.05, 0) is 54.0 Å². The topological polar surface area (TPSA) is 35.2 Å². The first kappa shape index (κ1) is 13.2. The van der Waals surface area contributed by atoms with Crippen molar-refractivity contribution in [1.82, 2.24) is 0 Å². The minimum absolute atomic E-state index is 0.0953. The number of hydrogen-bond acceptors (Lipinski definition) is 2. The molecule has 0 aromatic heterocycles. The van der Waals surface area contributed by atoms with Crippen LogP contribution in [0.4, 0.5) is 0 Å². The third-order valence-corrected chi connectivity index (χ3v) is 4.35. The molecule has 2 heteroatoms. The molecule has 2 aromatic carbocycles. The van der Waals surface area contributed by atoms with Gasteiger partial charge in [-0.15, -0.1) is 0 Å². The van der Waals surface area contributed by atoms with Gasteiger partial charge in [0.15, 0.2) is 0 Å². The van der Waals surface area contributed by atoms with E-state index in [9.17, 15) is 0 Å². The van der Waals surface area contributed by atoms with Crippen molar-refractivity contribution in [3.8, 4) is 5.75 Å². The fourth-order valence-electron chi connectivity index (χ4n) is 3.15. The number of benzene rings is 2. The van der Waals surface area contributed by atoms with Crippen LogP contribution in [0.15, 0.2) is 42.5 Å². The minimum atomic E-state index is 0.0953. The number of aryl methyl sites for hydroxylation is 1. The van der Waals surface area contributed by atoms with Crippen LogP contribution in [0.3, 0.4) is 0 Å². The van der Waals surface area contributed by atoms with Crippen LogP contribution in [0.1, 0.15) is 40.6 Å². The Bertz CT molecular complexity index is 621. The Labute approximate surface area is 120 Å². The molecule has 1 aliphatic carbocycles. The number of nitrogens with two attached hydrogens (primary N) is 1. The summed E-state index contributed by atoms with van der Waals surface area (Å²) in [4.78, 5) is 0. The van der Waals surface area contributed by atoms with Crippen molar-refractivity contribution in [1.29, 1.82) is 0 Å². The zero-order chi connectivity index (χ0) is 14.1. The highest BCUT2D eigenvalue weighted by Crippen LogP contribution is 2.40. The standard InChI is InChI=1S/C18H21NO/c1-12-9-14(7-8-18(12)20-2)17(19)11-15-10-13-5-3-4-6-16(13)15/h3-9,15,17H,10-11,19H2,1-2H3. The predicted molar refractivity (Wildman–Crippen MR) is 82.2 cm³/mol. The van der Waals surface area contributed by atoms with E-state index in [1.807, 2.05) is 6.07 Å². The van der Waals surface area contributed by atoms with Gasteiger partial charge < -0.3 is 10.5 Å². The van der Waals surface area contributed by atoms with Crippen molar-refractivity contribution in [2.24, 2.45) is 5.73 Å². The van der Waals surface area contributed by atoms with Crippen LogP contribution in [0, 0.1) is 6.92 Å². The molecule has 2 atom stereocenters. The number of fused-ring (bicyclic) bond motifs is 1. The number of ether oxygens (including phenoxy) is 1. The minimum Gasteiger partial charge on any atom is -0.496 e. The molecule has 0 heterocycles. The molecule has 0 radical (unpaired) electrons. The first-order chi connectivity index (χ1) is 9.69. The van der Waals surface area contributed by atoms with Gasteiger partial charge in [-0.2, -0.15) is 0 Å². The number of methoxy groups -OCH3 is 1. The molecular weight excluding hydrogens is 246 g/mol.